The highest BCUT2D eigenvalue weighted by atomic mass is 35.5. The molecule has 1 amide bonds. The largest absolute Gasteiger partial charge is 0.356 e. The van der Waals surface area contributed by atoms with Crippen LogP contribution in [-0.2, 0) is 11.3 Å². The standard InChI is InChI=1S/C16H20ClN5O/c17-13-4-2-12(3-5-13)15-14(10-20-21-15)16(23)19-6-1-8-22-9-7-18-11-22/h2-5,7,9,11,14-15,20-21H,1,6,8,10H2,(H,19,23). The Labute approximate surface area is 140 Å². The predicted molar refractivity (Wildman–Crippen MR) is 88.7 cm³/mol. The lowest BCUT2D eigenvalue weighted by molar-refractivity contribution is -0.124. The molecule has 2 aromatic rings. The van der Waals surface area contributed by atoms with Crippen LogP contribution in [0.25, 0.3) is 0 Å². The highest BCUT2D eigenvalue weighted by molar-refractivity contribution is 6.30. The van der Waals surface area contributed by atoms with Crippen molar-refractivity contribution in [3.8, 4) is 0 Å². The zero-order valence-electron chi connectivity index (χ0n) is 12.7. The highest BCUT2D eigenvalue weighted by Gasteiger charge is 2.33. The number of imidazole rings is 1. The molecule has 1 aromatic heterocycles. The molecule has 0 aliphatic carbocycles. The summed E-state index contributed by atoms with van der Waals surface area (Å²) in [6, 6.07) is 7.55. The average molecular weight is 334 g/mol. The lowest BCUT2D eigenvalue weighted by atomic mass is 9.94. The van der Waals surface area contributed by atoms with Crippen molar-refractivity contribution < 1.29 is 4.79 Å². The van der Waals surface area contributed by atoms with Crippen LogP contribution >= 0.6 is 11.6 Å². The second-order valence-electron chi connectivity index (χ2n) is 5.61. The smallest absolute Gasteiger partial charge is 0.226 e. The summed E-state index contributed by atoms with van der Waals surface area (Å²) < 4.78 is 2.00. The topological polar surface area (TPSA) is 71.0 Å². The van der Waals surface area contributed by atoms with E-state index in [9.17, 15) is 4.79 Å². The number of nitrogens with zero attached hydrogens (tertiary/aromatic N) is 2. The molecule has 1 aromatic carbocycles. The van der Waals surface area contributed by atoms with Gasteiger partial charge in [0.15, 0.2) is 0 Å². The minimum Gasteiger partial charge on any atom is -0.356 e. The van der Waals surface area contributed by atoms with Crippen LogP contribution in [0, 0.1) is 5.92 Å². The van der Waals surface area contributed by atoms with Crippen molar-refractivity contribution in [2.75, 3.05) is 13.1 Å². The normalized spacial score (nSPS) is 20.6. The Morgan fingerprint density at radius 2 is 2.22 bits per heavy atom. The number of halogens is 1. The summed E-state index contributed by atoms with van der Waals surface area (Å²) in [6.07, 6.45) is 6.33. The van der Waals surface area contributed by atoms with Gasteiger partial charge in [-0.25, -0.2) is 10.4 Å². The molecule has 1 fully saturated rings. The maximum atomic E-state index is 12.4. The maximum Gasteiger partial charge on any atom is 0.226 e. The van der Waals surface area contributed by atoms with Gasteiger partial charge in [-0.3, -0.25) is 10.2 Å². The van der Waals surface area contributed by atoms with E-state index in [1.807, 2.05) is 35.0 Å². The Morgan fingerprint density at radius 3 is 2.96 bits per heavy atom. The molecule has 1 aliphatic heterocycles. The number of rotatable bonds is 6. The van der Waals surface area contributed by atoms with Gasteiger partial charge in [0, 0.05) is 37.1 Å². The van der Waals surface area contributed by atoms with E-state index in [-0.39, 0.29) is 17.9 Å². The summed E-state index contributed by atoms with van der Waals surface area (Å²) in [6.45, 7) is 2.11. The Kier molecular flexibility index (Phi) is 5.27. The van der Waals surface area contributed by atoms with Gasteiger partial charge in [0.05, 0.1) is 18.3 Å². The van der Waals surface area contributed by atoms with Gasteiger partial charge >= 0.3 is 0 Å². The molecule has 3 rings (SSSR count). The zero-order valence-corrected chi connectivity index (χ0v) is 13.5. The number of hydrogen-bond donors (Lipinski definition) is 3. The molecule has 0 radical (unpaired) electrons. The first-order chi connectivity index (χ1) is 11.2. The third-order valence-corrected chi connectivity index (χ3v) is 4.25. The maximum absolute atomic E-state index is 12.4. The monoisotopic (exact) mass is 333 g/mol. The number of carbonyl (C=O) groups excluding carboxylic acids is 1. The summed E-state index contributed by atoms with van der Waals surface area (Å²) in [5.41, 5.74) is 7.30. The molecule has 2 unspecified atom stereocenters. The molecule has 1 aliphatic rings. The van der Waals surface area contributed by atoms with Crippen LogP contribution in [0.1, 0.15) is 18.0 Å². The van der Waals surface area contributed by atoms with Crippen molar-refractivity contribution in [3.05, 3.63) is 53.6 Å². The SMILES string of the molecule is O=C(NCCCn1ccnc1)C1CNNC1c1ccc(Cl)cc1. The van der Waals surface area contributed by atoms with Gasteiger partial charge in [-0.2, -0.15) is 0 Å². The molecule has 3 N–H and O–H groups in total. The van der Waals surface area contributed by atoms with Gasteiger partial charge in [-0.1, -0.05) is 23.7 Å². The van der Waals surface area contributed by atoms with Crippen LogP contribution in [-0.4, -0.2) is 28.5 Å². The molecule has 23 heavy (non-hydrogen) atoms. The van der Waals surface area contributed by atoms with E-state index >= 15 is 0 Å². The number of aryl methyl sites for hydroxylation is 1. The van der Waals surface area contributed by atoms with Crippen LogP contribution in [0.3, 0.4) is 0 Å². The molecular formula is C16H20ClN5O. The summed E-state index contributed by atoms with van der Waals surface area (Å²) in [5, 5.41) is 3.71. The second kappa shape index (κ2) is 7.59. The van der Waals surface area contributed by atoms with E-state index in [2.05, 4.69) is 21.2 Å². The zero-order chi connectivity index (χ0) is 16.1. The van der Waals surface area contributed by atoms with Crippen molar-refractivity contribution >= 4 is 17.5 Å². The molecule has 122 valence electrons. The van der Waals surface area contributed by atoms with Gasteiger partial charge in [0.25, 0.3) is 0 Å². The molecule has 6 nitrogen and oxygen atoms in total. The Bertz CT molecular complexity index is 628. The summed E-state index contributed by atoms with van der Waals surface area (Å²) in [4.78, 5) is 16.4. The molecule has 0 bridgehead atoms. The molecule has 0 spiro atoms. The van der Waals surface area contributed by atoms with E-state index in [1.54, 1.807) is 12.5 Å². The minimum absolute atomic E-state index is 0.0408. The average Bonchev–Trinajstić information content (AvgIpc) is 3.23. The Morgan fingerprint density at radius 1 is 1.39 bits per heavy atom. The fraction of sp³-hybridized carbons (Fsp3) is 0.375. The van der Waals surface area contributed by atoms with Crippen molar-refractivity contribution in [2.24, 2.45) is 5.92 Å². The van der Waals surface area contributed by atoms with Gasteiger partial charge in [0.1, 0.15) is 0 Å². The number of amides is 1. The fourth-order valence-electron chi connectivity index (χ4n) is 2.75. The van der Waals surface area contributed by atoms with Crippen LogP contribution in [0.2, 0.25) is 5.02 Å². The van der Waals surface area contributed by atoms with Gasteiger partial charge < -0.3 is 9.88 Å². The van der Waals surface area contributed by atoms with Gasteiger partial charge in [-0.05, 0) is 24.1 Å². The van der Waals surface area contributed by atoms with Gasteiger partial charge in [0.2, 0.25) is 5.91 Å². The first-order valence-corrected chi connectivity index (χ1v) is 8.09. The number of benzene rings is 1. The summed E-state index contributed by atoms with van der Waals surface area (Å²) in [5.74, 6) is -0.0718. The predicted octanol–water partition coefficient (Wildman–Crippen LogP) is 1.51. The van der Waals surface area contributed by atoms with Crippen molar-refractivity contribution in [1.29, 1.82) is 0 Å². The number of carbonyl (C=O) groups is 1. The van der Waals surface area contributed by atoms with Crippen LogP contribution < -0.4 is 16.2 Å². The van der Waals surface area contributed by atoms with E-state index in [0.29, 0.717) is 18.1 Å². The Balaban J connectivity index is 1.50. The van der Waals surface area contributed by atoms with E-state index in [1.165, 1.54) is 0 Å². The van der Waals surface area contributed by atoms with E-state index < -0.39 is 0 Å². The van der Waals surface area contributed by atoms with E-state index in [0.717, 1.165) is 18.5 Å². The third-order valence-electron chi connectivity index (χ3n) is 4.00. The summed E-state index contributed by atoms with van der Waals surface area (Å²) in [7, 11) is 0. The molecule has 2 heterocycles. The van der Waals surface area contributed by atoms with Crippen LogP contribution in [0.4, 0.5) is 0 Å². The van der Waals surface area contributed by atoms with Gasteiger partial charge in [-0.15, -0.1) is 0 Å². The lowest BCUT2D eigenvalue weighted by Crippen LogP contribution is -2.35. The second-order valence-corrected chi connectivity index (χ2v) is 6.04. The van der Waals surface area contributed by atoms with E-state index in [4.69, 9.17) is 11.6 Å². The minimum atomic E-state index is -0.135. The third kappa shape index (κ3) is 4.10. The molecular weight excluding hydrogens is 314 g/mol. The highest BCUT2D eigenvalue weighted by Crippen LogP contribution is 2.26. The lowest BCUT2D eigenvalue weighted by Gasteiger charge is -2.18. The number of hydrazine groups is 1. The van der Waals surface area contributed by atoms with Crippen molar-refractivity contribution in [3.63, 3.8) is 0 Å². The number of hydrogen-bond acceptors (Lipinski definition) is 4. The summed E-state index contributed by atoms with van der Waals surface area (Å²) >= 11 is 5.92. The molecule has 2 atom stereocenters. The first-order valence-electron chi connectivity index (χ1n) is 7.71. The quantitative estimate of drug-likeness (QED) is 0.701. The van der Waals surface area contributed by atoms with Crippen LogP contribution in [0.5, 0.6) is 0 Å². The number of aromatic nitrogens is 2. The molecule has 0 saturated carbocycles. The fourth-order valence-corrected chi connectivity index (χ4v) is 2.88. The van der Waals surface area contributed by atoms with Crippen molar-refractivity contribution in [1.82, 2.24) is 25.7 Å². The molecule has 7 heteroatoms. The Hall–Kier alpha value is -1.89. The first kappa shape index (κ1) is 16.0. The van der Waals surface area contributed by atoms with Crippen molar-refractivity contribution in [2.45, 2.75) is 19.0 Å². The van der Waals surface area contributed by atoms with Crippen LogP contribution in [0.15, 0.2) is 43.0 Å². The molecule has 1 saturated heterocycles. The number of nitrogens with one attached hydrogen (secondary N) is 3.